The summed E-state index contributed by atoms with van der Waals surface area (Å²) in [6.07, 6.45) is 15.6. The summed E-state index contributed by atoms with van der Waals surface area (Å²) in [6.45, 7) is 6.50. The summed E-state index contributed by atoms with van der Waals surface area (Å²) >= 11 is 0. The van der Waals surface area contributed by atoms with Gasteiger partial charge in [-0.05, 0) is 57.3 Å². The van der Waals surface area contributed by atoms with Crippen LogP contribution in [0.1, 0.15) is 90.9 Å². The molecule has 43 heavy (non-hydrogen) atoms. The minimum absolute atomic E-state index is 0. The zero-order chi connectivity index (χ0) is 31.8. The number of aliphatic hydroxyl groups excluding tert-OH is 2. The fourth-order valence-electron chi connectivity index (χ4n) is 3.39. The number of aliphatic carboxylic acids is 2. The Hall–Kier alpha value is -1.54. The van der Waals surface area contributed by atoms with E-state index in [2.05, 4.69) is 36.3 Å². The van der Waals surface area contributed by atoms with E-state index in [-0.39, 0.29) is 88.8 Å². The molecule has 0 radical (unpaired) electrons. The van der Waals surface area contributed by atoms with E-state index in [0.717, 1.165) is 32.1 Å². The number of nitrogens with zero attached hydrogens (tertiary/aromatic N) is 3. The van der Waals surface area contributed by atoms with Gasteiger partial charge >= 0.3 is 43.7 Å². The first-order valence-corrected chi connectivity index (χ1v) is 15.0. The Bertz CT molecular complexity index is 781. The molecule has 0 saturated carbocycles. The van der Waals surface area contributed by atoms with Crippen LogP contribution in [-0.4, -0.2) is 139 Å². The van der Waals surface area contributed by atoms with Gasteiger partial charge in [0.25, 0.3) is 0 Å². The van der Waals surface area contributed by atoms with Gasteiger partial charge in [-0.15, -0.1) is 0 Å². The summed E-state index contributed by atoms with van der Waals surface area (Å²) in [6, 6.07) is 0. The Morgan fingerprint density at radius 2 is 1.26 bits per heavy atom. The molecule has 244 valence electrons. The Kier molecular flexibility index (Phi) is 37.3. The third-order valence-corrected chi connectivity index (χ3v) is 5.79. The minimum Gasteiger partial charge on any atom is -0.862 e. The summed E-state index contributed by atoms with van der Waals surface area (Å²) < 4.78 is 0. The largest absolute Gasteiger partial charge is 2.00 e. The average molecular weight is 639 g/mol. The zero-order valence-corrected chi connectivity index (χ0v) is 28.6. The summed E-state index contributed by atoms with van der Waals surface area (Å²) in [5.74, 6) is -2.22. The van der Waals surface area contributed by atoms with Crippen LogP contribution in [0.15, 0.2) is 29.3 Å². The Morgan fingerprint density at radius 3 is 1.77 bits per heavy atom. The predicted molar refractivity (Wildman–Crippen MR) is 166 cm³/mol. The molecule has 0 heterocycles. The van der Waals surface area contributed by atoms with Gasteiger partial charge in [-0.3, -0.25) is 24.4 Å². The van der Waals surface area contributed by atoms with Gasteiger partial charge in [-0.2, -0.15) is 0 Å². The number of nitrogens with one attached hydrogen (secondary N) is 1. The minimum atomic E-state index is -1.13. The quantitative estimate of drug-likeness (QED) is 0.0344. The molecule has 0 rings (SSSR count). The molecule has 0 spiro atoms. The van der Waals surface area contributed by atoms with E-state index in [1.807, 2.05) is 17.1 Å². The fourth-order valence-corrected chi connectivity index (χ4v) is 3.39. The summed E-state index contributed by atoms with van der Waals surface area (Å²) in [5.41, 5.74) is 0. The van der Waals surface area contributed by atoms with Crippen LogP contribution in [0, 0.1) is 0 Å². The van der Waals surface area contributed by atoms with Crippen LogP contribution in [0.4, 0.5) is 0 Å². The van der Waals surface area contributed by atoms with Crippen molar-refractivity contribution in [1.82, 2.24) is 15.1 Å². The van der Waals surface area contributed by atoms with E-state index >= 15 is 0 Å². The number of carboxylic acid groups (broad SMARTS) is 2. The second-order valence-electron chi connectivity index (χ2n) is 9.70. The third-order valence-electron chi connectivity index (χ3n) is 5.79. The van der Waals surface area contributed by atoms with E-state index in [0.29, 0.717) is 58.4 Å². The number of hydrogen-bond acceptors (Lipinski definition) is 10. The van der Waals surface area contributed by atoms with E-state index < -0.39 is 11.9 Å². The molecule has 12 nitrogen and oxygen atoms in total. The predicted octanol–water partition coefficient (Wildman–Crippen LogP) is 0.639. The number of carbonyl (C=O) groups excluding carboxylic acids is 2. The van der Waals surface area contributed by atoms with Crippen LogP contribution in [0.25, 0.3) is 0 Å². The van der Waals surface area contributed by atoms with Gasteiger partial charge in [-0.25, -0.2) is 0 Å². The normalized spacial score (nSPS) is 11.5. The van der Waals surface area contributed by atoms with Crippen molar-refractivity contribution in [1.29, 1.82) is 0 Å². The molecule has 0 aromatic heterocycles. The van der Waals surface area contributed by atoms with Crippen LogP contribution >= 0.6 is 0 Å². The van der Waals surface area contributed by atoms with Gasteiger partial charge in [0.1, 0.15) is 0 Å². The molecular formula is C30H54CaN4O8. The Morgan fingerprint density at radius 1 is 0.744 bits per heavy atom. The van der Waals surface area contributed by atoms with Crippen LogP contribution in [0.2, 0.25) is 0 Å². The molecule has 0 aromatic rings. The van der Waals surface area contributed by atoms with Crippen LogP contribution in [0.5, 0.6) is 0 Å². The first kappa shape index (κ1) is 45.9. The standard InChI is InChI=1S/2C15H28N2O4.Ca/c2*1-2-3-4-5-6-8-14(19)16-13-17(10-7-12-18)11-9-15(20)21;/h2*4-5,18H,2-3,6-13H2,1H3,(H,16,19)(H,20,21);/q;;+2/p-2/b2*5-4+;. The third kappa shape index (κ3) is 36.6. The van der Waals surface area contributed by atoms with Crippen LogP contribution in [0.3, 0.4) is 0 Å². The molecule has 4 N–H and O–H groups in total. The van der Waals surface area contributed by atoms with Gasteiger partial charge in [0, 0.05) is 51.8 Å². The van der Waals surface area contributed by atoms with Gasteiger partial charge in [0.05, 0.1) is 19.8 Å². The van der Waals surface area contributed by atoms with Crippen molar-refractivity contribution in [2.45, 2.75) is 90.9 Å². The molecule has 0 aliphatic heterocycles. The Balaban J connectivity index is -0.000000727. The van der Waals surface area contributed by atoms with Crippen LogP contribution < -0.4 is 15.5 Å². The molecule has 0 saturated heterocycles. The van der Waals surface area contributed by atoms with Crippen molar-refractivity contribution in [3.8, 4) is 0 Å². The first-order valence-electron chi connectivity index (χ1n) is 15.0. The fraction of sp³-hybridized carbons (Fsp3) is 0.733. The molecule has 0 aliphatic carbocycles. The summed E-state index contributed by atoms with van der Waals surface area (Å²) in [7, 11) is 0. The zero-order valence-electron chi connectivity index (χ0n) is 26.4. The molecule has 0 aromatic carbocycles. The van der Waals surface area contributed by atoms with Gasteiger partial charge in [0.15, 0.2) is 0 Å². The maximum atomic E-state index is 11.7. The summed E-state index contributed by atoms with van der Waals surface area (Å²) in [4.78, 5) is 40.2. The maximum Gasteiger partial charge on any atom is 2.00 e. The number of amides is 1. The maximum absolute atomic E-state index is 11.7. The van der Waals surface area contributed by atoms with Gasteiger partial charge in [0.2, 0.25) is 5.91 Å². The molecular weight excluding hydrogens is 584 g/mol. The smallest absolute Gasteiger partial charge is 0.862 e. The molecule has 0 bridgehead atoms. The van der Waals surface area contributed by atoms with Crippen molar-refractivity contribution in [3.63, 3.8) is 0 Å². The first-order chi connectivity index (χ1) is 20.2. The van der Waals surface area contributed by atoms with Crippen molar-refractivity contribution in [2.75, 3.05) is 52.7 Å². The average Bonchev–Trinajstić information content (AvgIpc) is 2.96. The topological polar surface area (TPSA) is 189 Å². The van der Waals surface area contributed by atoms with Crippen molar-refractivity contribution >= 4 is 61.5 Å². The monoisotopic (exact) mass is 638 g/mol. The molecule has 0 unspecified atom stereocenters. The number of aliphatic hydroxyl groups is 2. The number of unbranched alkanes of at least 4 members (excludes halogenated alkanes) is 2. The molecule has 0 aliphatic rings. The van der Waals surface area contributed by atoms with Crippen molar-refractivity contribution in [3.05, 3.63) is 24.3 Å². The molecule has 0 fully saturated rings. The molecule has 0 atom stereocenters. The van der Waals surface area contributed by atoms with Crippen LogP contribution in [-0.2, 0) is 14.4 Å². The number of hydrogen-bond donors (Lipinski definition) is 4. The Labute approximate surface area is 287 Å². The van der Waals surface area contributed by atoms with Crippen molar-refractivity contribution < 1.29 is 39.9 Å². The molecule has 1 amide bonds. The van der Waals surface area contributed by atoms with Gasteiger partial charge < -0.3 is 35.6 Å². The number of rotatable bonds is 26. The van der Waals surface area contributed by atoms with E-state index in [4.69, 9.17) is 15.3 Å². The number of carbonyl (C=O) groups is 3. The van der Waals surface area contributed by atoms with E-state index in [1.165, 1.54) is 0 Å². The van der Waals surface area contributed by atoms with E-state index in [1.54, 1.807) is 4.90 Å². The van der Waals surface area contributed by atoms with Crippen molar-refractivity contribution in [2.24, 2.45) is 4.99 Å². The summed E-state index contributed by atoms with van der Waals surface area (Å²) in [5, 5.41) is 51.1. The molecule has 13 heteroatoms. The van der Waals surface area contributed by atoms with Gasteiger partial charge in [-0.1, -0.05) is 51.0 Å². The number of allylic oxidation sites excluding steroid dienone is 4. The second kappa shape index (κ2) is 34.9. The van der Waals surface area contributed by atoms with E-state index in [9.17, 15) is 24.6 Å². The second-order valence-corrected chi connectivity index (χ2v) is 9.70. The number of aliphatic imine (C=N–C) groups is 1. The SMILES string of the molecule is CCC/C=C/CCC(=O)NCN(CCCO)CCC(=O)O.CCC/C=C/CCC([O-])=NCN(CCCO)CCC(=O)[O-].[Ca+2]. The number of carboxylic acids is 2.